The summed E-state index contributed by atoms with van der Waals surface area (Å²) in [4.78, 5) is 32.0. The first-order chi connectivity index (χ1) is 15.6. The number of amides is 2. The number of fused-ring (bicyclic) bond motifs is 1. The summed E-state index contributed by atoms with van der Waals surface area (Å²) in [6.07, 6.45) is 1.51. The second-order valence-electron chi connectivity index (χ2n) is 7.91. The predicted octanol–water partition coefficient (Wildman–Crippen LogP) is 2.89. The number of nitrogens with zero attached hydrogens (tertiary/aromatic N) is 3. The third-order valence-corrected chi connectivity index (χ3v) is 5.87. The van der Waals surface area contributed by atoms with Gasteiger partial charge in [0.1, 0.15) is 5.75 Å². The van der Waals surface area contributed by atoms with E-state index in [0.29, 0.717) is 32.0 Å². The first-order valence-electron chi connectivity index (χ1n) is 11.0. The van der Waals surface area contributed by atoms with Crippen LogP contribution in [0.3, 0.4) is 0 Å². The van der Waals surface area contributed by atoms with Crippen molar-refractivity contribution >= 4 is 22.9 Å². The third kappa shape index (κ3) is 4.69. The highest BCUT2D eigenvalue weighted by atomic mass is 16.5. The molecular formula is C24H29N5O3. The van der Waals surface area contributed by atoms with Gasteiger partial charge in [-0.05, 0) is 49.6 Å². The van der Waals surface area contributed by atoms with Gasteiger partial charge in [0.25, 0.3) is 5.56 Å². The Morgan fingerprint density at radius 1 is 1.16 bits per heavy atom. The summed E-state index contributed by atoms with van der Waals surface area (Å²) < 4.78 is 6.99. The molecule has 4 rings (SSSR count). The van der Waals surface area contributed by atoms with Crippen LogP contribution in [0, 0.1) is 0 Å². The Bertz CT molecular complexity index is 1150. The Morgan fingerprint density at radius 2 is 1.94 bits per heavy atom. The standard InChI is InChI=1S/C24H29N5O3/c1-3-29-21-10-5-4-9-20(21)27-22(23(29)30)28-13-11-18(12-14-28)26-24(31)25-16-17-7-6-8-19(15-17)32-2/h4-10,15,18H,3,11-14,16H2,1-2H3,(H2,25,26,31). The lowest BCUT2D eigenvalue weighted by atomic mass is 10.1. The van der Waals surface area contributed by atoms with Gasteiger partial charge in [-0.15, -0.1) is 0 Å². The summed E-state index contributed by atoms with van der Waals surface area (Å²) in [5.74, 6) is 1.26. The van der Waals surface area contributed by atoms with E-state index in [1.165, 1.54) is 0 Å². The largest absolute Gasteiger partial charge is 0.497 e. The molecule has 168 valence electrons. The predicted molar refractivity (Wildman–Crippen MR) is 125 cm³/mol. The zero-order valence-corrected chi connectivity index (χ0v) is 18.5. The maximum Gasteiger partial charge on any atom is 0.315 e. The first kappa shape index (κ1) is 21.7. The highest BCUT2D eigenvalue weighted by Crippen LogP contribution is 2.19. The monoisotopic (exact) mass is 435 g/mol. The third-order valence-electron chi connectivity index (χ3n) is 5.87. The molecule has 32 heavy (non-hydrogen) atoms. The second kappa shape index (κ2) is 9.72. The molecule has 0 unspecified atom stereocenters. The number of hydrogen-bond acceptors (Lipinski definition) is 5. The minimum absolute atomic E-state index is 0.0606. The molecular weight excluding hydrogens is 406 g/mol. The molecule has 8 heteroatoms. The molecule has 0 spiro atoms. The van der Waals surface area contributed by atoms with Gasteiger partial charge in [-0.2, -0.15) is 0 Å². The van der Waals surface area contributed by atoms with Gasteiger partial charge < -0.3 is 24.8 Å². The number of aromatic nitrogens is 2. The Kier molecular flexibility index (Phi) is 6.58. The number of para-hydroxylation sites is 2. The van der Waals surface area contributed by atoms with E-state index >= 15 is 0 Å². The minimum Gasteiger partial charge on any atom is -0.497 e. The number of piperidine rings is 1. The van der Waals surface area contributed by atoms with Crippen LogP contribution >= 0.6 is 0 Å². The number of benzene rings is 2. The molecule has 2 amide bonds. The summed E-state index contributed by atoms with van der Waals surface area (Å²) in [5.41, 5.74) is 2.59. The van der Waals surface area contributed by atoms with Crippen molar-refractivity contribution in [1.29, 1.82) is 0 Å². The van der Waals surface area contributed by atoms with Crippen molar-refractivity contribution in [3.05, 3.63) is 64.4 Å². The molecule has 2 N–H and O–H groups in total. The molecule has 1 aliphatic heterocycles. The van der Waals surface area contributed by atoms with Crippen molar-refractivity contribution in [3.8, 4) is 5.75 Å². The van der Waals surface area contributed by atoms with E-state index < -0.39 is 0 Å². The van der Waals surface area contributed by atoms with Crippen LogP contribution < -0.4 is 25.8 Å². The average molecular weight is 436 g/mol. The molecule has 1 saturated heterocycles. The van der Waals surface area contributed by atoms with Gasteiger partial charge in [0, 0.05) is 32.2 Å². The fraction of sp³-hybridized carbons (Fsp3) is 0.375. The molecule has 0 radical (unpaired) electrons. The number of aryl methyl sites for hydroxylation is 1. The summed E-state index contributed by atoms with van der Waals surface area (Å²) in [6.45, 7) is 4.34. The molecule has 3 aromatic rings. The number of methoxy groups -OCH3 is 1. The molecule has 2 heterocycles. The van der Waals surface area contributed by atoms with E-state index in [1.54, 1.807) is 11.7 Å². The van der Waals surface area contributed by atoms with Crippen LogP contribution in [0.5, 0.6) is 5.75 Å². The highest BCUT2D eigenvalue weighted by molar-refractivity contribution is 5.76. The number of anilines is 1. The summed E-state index contributed by atoms with van der Waals surface area (Å²) in [5, 5.41) is 5.94. The molecule has 0 aliphatic carbocycles. The van der Waals surface area contributed by atoms with Crippen LogP contribution in [0.1, 0.15) is 25.3 Å². The van der Waals surface area contributed by atoms with E-state index in [4.69, 9.17) is 4.74 Å². The van der Waals surface area contributed by atoms with Crippen LogP contribution in [0.2, 0.25) is 0 Å². The van der Waals surface area contributed by atoms with E-state index in [2.05, 4.69) is 15.6 Å². The van der Waals surface area contributed by atoms with Crippen molar-refractivity contribution in [1.82, 2.24) is 20.2 Å². The van der Waals surface area contributed by atoms with Gasteiger partial charge >= 0.3 is 6.03 Å². The van der Waals surface area contributed by atoms with E-state index in [9.17, 15) is 9.59 Å². The Hall–Kier alpha value is -3.55. The topological polar surface area (TPSA) is 88.5 Å². The SMILES string of the molecule is CCn1c(=O)c(N2CCC(NC(=O)NCc3cccc(OC)c3)CC2)nc2ccccc21. The van der Waals surface area contributed by atoms with Gasteiger partial charge in [-0.1, -0.05) is 24.3 Å². The number of rotatable bonds is 6. The maximum absolute atomic E-state index is 13.0. The van der Waals surface area contributed by atoms with E-state index in [1.807, 2.05) is 60.4 Å². The Balaban J connectivity index is 1.34. The Labute approximate surface area is 187 Å². The van der Waals surface area contributed by atoms with Crippen molar-refractivity contribution in [2.75, 3.05) is 25.1 Å². The molecule has 8 nitrogen and oxygen atoms in total. The summed E-state index contributed by atoms with van der Waals surface area (Å²) in [7, 11) is 1.62. The molecule has 1 fully saturated rings. The first-order valence-corrected chi connectivity index (χ1v) is 11.0. The molecule has 1 aromatic heterocycles. The molecule has 0 saturated carbocycles. The summed E-state index contributed by atoms with van der Waals surface area (Å²) in [6, 6.07) is 15.2. The van der Waals surface area contributed by atoms with E-state index in [-0.39, 0.29) is 17.6 Å². The molecule has 1 aliphatic rings. The van der Waals surface area contributed by atoms with E-state index in [0.717, 1.165) is 35.2 Å². The van der Waals surface area contributed by atoms with Gasteiger partial charge in [0.15, 0.2) is 5.82 Å². The summed E-state index contributed by atoms with van der Waals surface area (Å²) >= 11 is 0. The fourth-order valence-corrected chi connectivity index (χ4v) is 4.14. The Morgan fingerprint density at radius 3 is 2.69 bits per heavy atom. The van der Waals surface area contributed by atoms with Crippen molar-refractivity contribution in [3.63, 3.8) is 0 Å². The van der Waals surface area contributed by atoms with Crippen LogP contribution in [-0.4, -0.2) is 41.8 Å². The van der Waals surface area contributed by atoms with Gasteiger partial charge in [0.2, 0.25) is 0 Å². The lowest BCUT2D eigenvalue weighted by molar-refractivity contribution is 0.234. The van der Waals surface area contributed by atoms with Crippen molar-refractivity contribution in [2.45, 2.75) is 38.9 Å². The lowest BCUT2D eigenvalue weighted by Crippen LogP contribution is -2.49. The quantitative estimate of drug-likeness (QED) is 0.622. The minimum atomic E-state index is -0.191. The zero-order chi connectivity index (χ0) is 22.5. The lowest BCUT2D eigenvalue weighted by Gasteiger charge is -2.33. The smallest absolute Gasteiger partial charge is 0.315 e. The second-order valence-corrected chi connectivity index (χ2v) is 7.91. The molecule has 0 bridgehead atoms. The highest BCUT2D eigenvalue weighted by Gasteiger charge is 2.24. The van der Waals surface area contributed by atoms with Gasteiger partial charge in [0.05, 0.1) is 18.1 Å². The van der Waals surface area contributed by atoms with Crippen molar-refractivity contribution < 1.29 is 9.53 Å². The normalized spacial score (nSPS) is 14.4. The molecule has 0 atom stereocenters. The van der Waals surface area contributed by atoms with Crippen LogP contribution in [0.4, 0.5) is 10.6 Å². The van der Waals surface area contributed by atoms with Crippen LogP contribution in [0.25, 0.3) is 11.0 Å². The number of nitrogens with one attached hydrogen (secondary N) is 2. The number of urea groups is 1. The number of hydrogen-bond donors (Lipinski definition) is 2. The fourth-order valence-electron chi connectivity index (χ4n) is 4.14. The van der Waals surface area contributed by atoms with Gasteiger partial charge in [-0.25, -0.2) is 9.78 Å². The number of carbonyl (C=O) groups is 1. The van der Waals surface area contributed by atoms with Gasteiger partial charge in [-0.3, -0.25) is 4.79 Å². The number of ether oxygens (including phenoxy) is 1. The molecule has 2 aromatic carbocycles. The average Bonchev–Trinajstić information content (AvgIpc) is 2.83. The zero-order valence-electron chi connectivity index (χ0n) is 18.5. The maximum atomic E-state index is 13.0. The van der Waals surface area contributed by atoms with Crippen LogP contribution in [0.15, 0.2) is 53.3 Å². The number of carbonyl (C=O) groups excluding carboxylic acids is 1. The van der Waals surface area contributed by atoms with Crippen LogP contribution in [-0.2, 0) is 13.1 Å². The van der Waals surface area contributed by atoms with Crippen molar-refractivity contribution in [2.24, 2.45) is 0 Å².